The Morgan fingerprint density at radius 3 is 2.90 bits per heavy atom. The number of carbonyl (C=O) groups is 1. The third-order valence-corrected chi connectivity index (χ3v) is 3.09. The Labute approximate surface area is 125 Å². The summed E-state index contributed by atoms with van der Waals surface area (Å²) in [4.78, 5) is 23.1. The molecule has 2 heterocycles. The molecule has 21 heavy (non-hydrogen) atoms. The molecule has 8 nitrogen and oxygen atoms in total. The van der Waals surface area contributed by atoms with E-state index in [4.69, 9.17) is 11.6 Å². The van der Waals surface area contributed by atoms with Crippen molar-refractivity contribution in [2.24, 2.45) is 7.05 Å². The van der Waals surface area contributed by atoms with Crippen molar-refractivity contribution >= 4 is 23.3 Å². The monoisotopic (exact) mass is 311 g/mol. The van der Waals surface area contributed by atoms with Crippen molar-refractivity contribution in [2.45, 2.75) is 13.1 Å². The minimum Gasteiger partial charge on any atom is -0.468 e. The largest absolute Gasteiger partial charge is 0.468 e. The van der Waals surface area contributed by atoms with E-state index in [1.807, 2.05) is 19.3 Å². The molecule has 9 heteroatoms. The summed E-state index contributed by atoms with van der Waals surface area (Å²) >= 11 is 5.98. The molecule has 0 aliphatic heterocycles. The molecular formula is C12H14ClN5O3. The minimum atomic E-state index is -0.574. The van der Waals surface area contributed by atoms with Gasteiger partial charge in [-0.3, -0.25) is 14.3 Å². The third-order valence-electron chi connectivity index (χ3n) is 2.72. The highest BCUT2D eigenvalue weighted by Gasteiger charge is 2.12. The Hall–Kier alpha value is -2.35. The summed E-state index contributed by atoms with van der Waals surface area (Å²) < 4.78 is 7.10. The Bertz CT molecular complexity index is 709. The number of carbonyl (C=O) groups excluding carboxylic acids is 1. The number of ether oxygens (including phenoxy) is 1. The van der Waals surface area contributed by atoms with E-state index in [1.54, 1.807) is 4.68 Å². The standard InChI is InChI=1S/C12H14ClN5O3/c1-17-4-3-8(16-17)5-14-9-6-15-18(7-10(19)21-2)12(20)11(9)13/h3-4,6,14H,5,7H2,1-2H3. The lowest BCUT2D eigenvalue weighted by molar-refractivity contribution is -0.141. The second-order valence-corrected chi connectivity index (χ2v) is 4.62. The first-order valence-corrected chi connectivity index (χ1v) is 6.44. The molecule has 0 aliphatic carbocycles. The molecular weight excluding hydrogens is 298 g/mol. The zero-order chi connectivity index (χ0) is 15.4. The molecule has 0 radical (unpaired) electrons. The van der Waals surface area contributed by atoms with Crippen molar-refractivity contribution in [1.29, 1.82) is 0 Å². The fourth-order valence-corrected chi connectivity index (χ4v) is 1.84. The maximum absolute atomic E-state index is 12.0. The lowest BCUT2D eigenvalue weighted by Gasteiger charge is -2.08. The predicted octanol–water partition coefficient (Wildman–Crippen LogP) is 0.415. The number of aromatic nitrogens is 4. The van der Waals surface area contributed by atoms with Gasteiger partial charge in [-0.05, 0) is 6.07 Å². The molecule has 112 valence electrons. The van der Waals surface area contributed by atoms with Crippen LogP contribution in [0.5, 0.6) is 0 Å². The van der Waals surface area contributed by atoms with Gasteiger partial charge in [0.15, 0.2) is 0 Å². The van der Waals surface area contributed by atoms with Gasteiger partial charge in [0.1, 0.15) is 11.6 Å². The van der Waals surface area contributed by atoms with Crippen LogP contribution in [0.25, 0.3) is 0 Å². The zero-order valence-electron chi connectivity index (χ0n) is 11.5. The van der Waals surface area contributed by atoms with Crippen molar-refractivity contribution in [1.82, 2.24) is 19.6 Å². The average molecular weight is 312 g/mol. The van der Waals surface area contributed by atoms with Crippen LogP contribution in [-0.4, -0.2) is 32.6 Å². The highest BCUT2D eigenvalue weighted by Crippen LogP contribution is 2.16. The molecule has 0 saturated heterocycles. The van der Waals surface area contributed by atoms with Gasteiger partial charge in [-0.25, -0.2) is 4.68 Å². The van der Waals surface area contributed by atoms with E-state index in [0.29, 0.717) is 12.2 Å². The second-order valence-electron chi connectivity index (χ2n) is 4.25. The van der Waals surface area contributed by atoms with Crippen LogP contribution in [-0.2, 0) is 29.7 Å². The fourth-order valence-electron chi connectivity index (χ4n) is 1.63. The van der Waals surface area contributed by atoms with Crippen LogP contribution in [0, 0.1) is 0 Å². The second kappa shape index (κ2) is 6.40. The molecule has 0 amide bonds. The average Bonchev–Trinajstić information content (AvgIpc) is 2.88. The van der Waals surface area contributed by atoms with Crippen LogP contribution in [0.3, 0.4) is 0 Å². The summed E-state index contributed by atoms with van der Waals surface area (Å²) in [5, 5.41) is 11.0. The zero-order valence-corrected chi connectivity index (χ0v) is 12.3. The van der Waals surface area contributed by atoms with Crippen LogP contribution >= 0.6 is 11.6 Å². The normalized spacial score (nSPS) is 10.4. The van der Waals surface area contributed by atoms with Gasteiger partial charge >= 0.3 is 5.97 Å². The molecule has 2 aromatic rings. The molecule has 0 aromatic carbocycles. The predicted molar refractivity (Wildman–Crippen MR) is 76.1 cm³/mol. The Kier molecular flexibility index (Phi) is 4.59. The molecule has 0 fully saturated rings. The Morgan fingerprint density at radius 1 is 1.52 bits per heavy atom. The molecule has 2 aromatic heterocycles. The van der Waals surface area contributed by atoms with Crippen LogP contribution in [0.1, 0.15) is 5.69 Å². The van der Waals surface area contributed by atoms with E-state index < -0.39 is 11.5 Å². The van der Waals surface area contributed by atoms with Gasteiger partial charge in [0.25, 0.3) is 5.56 Å². The molecule has 2 rings (SSSR count). The van der Waals surface area contributed by atoms with Crippen molar-refractivity contribution in [3.63, 3.8) is 0 Å². The number of methoxy groups -OCH3 is 1. The summed E-state index contributed by atoms with van der Waals surface area (Å²) in [5.74, 6) is -0.574. The Morgan fingerprint density at radius 2 is 2.29 bits per heavy atom. The van der Waals surface area contributed by atoms with E-state index in [0.717, 1.165) is 10.4 Å². The van der Waals surface area contributed by atoms with Gasteiger partial charge in [0.2, 0.25) is 0 Å². The summed E-state index contributed by atoms with van der Waals surface area (Å²) in [6.45, 7) is 0.123. The van der Waals surface area contributed by atoms with E-state index in [-0.39, 0.29) is 11.6 Å². The molecule has 0 aliphatic rings. The number of rotatable bonds is 5. The van der Waals surface area contributed by atoms with Gasteiger partial charge in [-0.2, -0.15) is 10.2 Å². The first-order valence-electron chi connectivity index (χ1n) is 6.06. The quantitative estimate of drug-likeness (QED) is 0.805. The number of esters is 1. The smallest absolute Gasteiger partial charge is 0.327 e. The molecule has 1 N–H and O–H groups in total. The van der Waals surface area contributed by atoms with Gasteiger partial charge in [-0.1, -0.05) is 11.6 Å². The minimum absolute atomic E-state index is 0.0372. The Balaban J connectivity index is 2.13. The van der Waals surface area contributed by atoms with Gasteiger partial charge in [-0.15, -0.1) is 0 Å². The van der Waals surface area contributed by atoms with E-state index >= 15 is 0 Å². The lowest BCUT2D eigenvalue weighted by atomic mass is 10.4. The molecule has 0 saturated carbocycles. The van der Waals surface area contributed by atoms with Crippen molar-refractivity contribution in [3.05, 3.63) is 39.5 Å². The number of anilines is 1. The van der Waals surface area contributed by atoms with Gasteiger partial charge in [0.05, 0.1) is 31.2 Å². The van der Waals surface area contributed by atoms with Crippen molar-refractivity contribution in [3.8, 4) is 0 Å². The number of aryl methyl sites for hydroxylation is 1. The van der Waals surface area contributed by atoms with Crippen molar-refractivity contribution in [2.75, 3.05) is 12.4 Å². The number of halogens is 1. The third kappa shape index (κ3) is 3.60. The topological polar surface area (TPSA) is 91.0 Å². The van der Waals surface area contributed by atoms with Crippen LogP contribution in [0.15, 0.2) is 23.3 Å². The SMILES string of the molecule is COC(=O)Cn1ncc(NCc2ccn(C)n2)c(Cl)c1=O. The fraction of sp³-hybridized carbons (Fsp3) is 0.333. The summed E-state index contributed by atoms with van der Waals surface area (Å²) in [7, 11) is 3.05. The molecule has 0 bridgehead atoms. The van der Waals surface area contributed by atoms with Gasteiger partial charge < -0.3 is 10.1 Å². The highest BCUT2D eigenvalue weighted by molar-refractivity contribution is 6.32. The number of nitrogens with zero attached hydrogens (tertiary/aromatic N) is 4. The highest BCUT2D eigenvalue weighted by atomic mass is 35.5. The van der Waals surface area contributed by atoms with Gasteiger partial charge in [0, 0.05) is 13.2 Å². The number of hydrogen-bond donors (Lipinski definition) is 1. The molecule has 0 atom stereocenters. The van der Waals surface area contributed by atoms with Crippen LogP contribution in [0.4, 0.5) is 5.69 Å². The van der Waals surface area contributed by atoms with Crippen molar-refractivity contribution < 1.29 is 9.53 Å². The first kappa shape index (κ1) is 15.0. The summed E-state index contributed by atoms with van der Waals surface area (Å²) in [6.07, 6.45) is 3.20. The van der Waals surface area contributed by atoms with E-state index in [9.17, 15) is 9.59 Å². The lowest BCUT2D eigenvalue weighted by Crippen LogP contribution is -2.28. The van der Waals surface area contributed by atoms with E-state index in [2.05, 4.69) is 20.3 Å². The molecule has 0 spiro atoms. The number of hydrogen-bond acceptors (Lipinski definition) is 6. The summed E-state index contributed by atoms with van der Waals surface area (Å²) in [5.41, 5.74) is 0.619. The first-order chi connectivity index (χ1) is 10.0. The van der Waals surface area contributed by atoms with Crippen LogP contribution < -0.4 is 10.9 Å². The van der Waals surface area contributed by atoms with Crippen LogP contribution in [0.2, 0.25) is 5.02 Å². The maximum atomic E-state index is 12.0. The number of nitrogens with one attached hydrogen (secondary N) is 1. The molecule has 0 unspecified atom stereocenters. The summed E-state index contributed by atoms with van der Waals surface area (Å²) in [6, 6.07) is 1.84. The van der Waals surface area contributed by atoms with E-state index in [1.165, 1.54) is 13.3 Å². The maximum Gasteiger partial charge on any atom is 0.327 e.